The van der Waals surface area contributed by atoms with Crippen LogP contribution in [0.25, 0.3) is 10.8 Å². The number of carbonyl (C=O) groups excluding carboxylic acids is 2. The number of hydrogen-bond acceptors (Lipinski definition) is 7. The van der Waals surface area contributed by atoms with Crippen molar-refractivity contribution < 1.29 is 32.0 Å². The van der Waals surface area contributed by atoms with E-state index >= 15 is 0 Å². The lowest BCUT2D eigenvalue weighted by molar-refractivity contribution is -0.114. The van der Waals surface area contributed by atoms with Gasteiger partial charge in [-0.3, -0.25) is 9.59 Å². The molecule has 0 spiro atoms. The van der Waals surface area contributed by atoms with Crippen LogP contribution in [0.3, 0.4) is 0 Å². The van der Waals surface area contributed by atoms with Crippen molar-refractivity contribution in [2.75, 3.05) is 37.2 Å². The number of nitrogens with zero attached hydrogens (tertiary/aromatic N) is 1. The van der Waals surface area contributed by atoms with Crippen molar-refractivity contribution in [3.63, 3.8) is 0 Å². The van der Waals surface area contributed by atoms with Crippen LogP contribution in [0.15, 0.2) is 60.7 Å². The smallest absolute Gasteiger partial charge is 0.221 e. The lowest BCUT2D eigenvalue weighted by Crippen LogP contribution is -2.19. The summed E-state index contributed by atoms with van der Waals surface area (Å²) in [6, 6.07) is 10.6. The van der Waals surface area contributed by atoms with Crippen molar-refractivity contribution in [3.05, 3.63) is 66.2 Å². The molecule has 0 saturated heterocycles. The molecule has 2 aromatic carbocycles. The average molecular weight is 547 g/mol. The number of nitrogens with one attached hydrogen (secondary N) is 1. The third-order valence-electron chi connectivity index (χ3n) is 5.51. The molecular formula is C26H31N2O7PS. The maximum Gasteiger partial charge on any atom is 0.221 e. The second kappa shape index (κ2) is 12.3. The van der Waals surface area contributed by atoms with Crippen LogP contribution in [0.2, 0.25) is 0 Å². The highest BCUT2D eigenvalue weighted by atomic mass is 32.2. The molecule has 2 unspecified atom stereocenters. The van der Waals surface area contributed by atoms with Crippen molar-refractivity contribution in [2.45, 2.75) is 19.9 Å². The lowest BCUT2D eigenvalue weighted by atomic mass is 10.1. The molecule has 2 atom stereocenters. The Morgan fingerprint density at radius 1 is 1.19 bits per heavy atom. The third-order valence-corrected chi connectivity index (χ3v) is 7.67. The van der Waals surface area contributed by atoms with Crippen LogP contribution in [0.4, 0.5) is 5.69 Å². The van der Waals surface area contributed by atoms with Gasteiger partial charge in [0.25, 0.3) is 0 Å². The topological polar surface area (TPSA) is 121 Å². The highest BCUT2D eigenvalue weighted by Crippen LogP contribution is 2.34. The van der Waals surface area contributed by atoms with Crippen LogP contribution in [0.5, 0.6) is 11.5 Å². The van der Waals surface area contributed by atoms with Gasteiger partial charge in [-0.05, 0) is 42.6 Å². The Kier molecular flexibility index (Phi) is 9.34. The maximum absolute atomic E-state index is 12.2. The minimum atomic E-state index is -3.29. The number of methoxy groups -OCH3 is 1. The average Bonchev–Trinajstić information content (AvgIpc) is 3.43. The molecule has 1 amide bonds. The summed E-state index contributed by atoms with van der Waals surface area (Å²) in [4.78, 5) is 21.7. The molecule has 11 heteroatoms. The molecular weight excluding hydrogens is 515 g/mol. The standard InChI is InChI=1S/C22H26N2O5S.C4H5O2P/c1-5-29-22-11-16(9-10-21(22)28-3)20(14-30(4,26)27)24-12-17-7-6-8-19(18(17)13-24)23-15(2)25;5-4-1-2-7(6)3-4/h6-13,20H,5,14H2,1-4H3,(H,23,25);1-2,7H,3H2. The minimum Gasteiger partial charge on any atom is -0.493 e. The summed E-state index contributed by atoms with van der Waals surface area (Å²) in [6.07, 6.45) is 6.63. The van der Waals surface area contributed by atoms with Crippen molar-refractivity contribution in [3.8, 4) is 11.5 Å². The lowest BCUT2D eigenvalue weighted by Gasteiger charge is -2.20. The van der Waals surface area contributed by atoms with E-state index < -0.39 is 23.7 Å². The van der Waals surface area contributed by atoms with Crippen molar-refractivity contribution in [2.24, 2.45) is 0 Å². The Morgan fingerprint density at radius 3 is 2.49 bits per heavy atom. The van der Waals surface area contributed by atoms with Gasteiger partial charge in [0.05, 0.1) is 37.4 Å². The number of hydrogen-bond donors (Lipinski definition) is 1. The molecule has 4 rings (SSSR count). The number of amides is 1. The first-order chi connectivity index (χ1) is 17.5. The first-order valence-electron chi connectivity index (χ1n) is 11.6. The summed E-state index contributed by atoms with van der Waals surface area (Å²) in [7, 11) is -3.31. The van der Waals surface area contributed by atoms with Gasteiger partial charge in [0.2, 0.25) is 5.91 Å². The number of carbonyl (C=O) groups is 2. The third kappa shape index (κ3) is 7.81. The Labute approximate surface area is 217 Å². The van der Waals surface area contributed by atoms with Crippen LogP contribution in [0, 0.1) is 0 Å². The molecule has 0 fully saturated rings. The summed E-state index contributed by atoms with van der Waals surface area (Å²) < 4.78 is 47.7. The molecule has 0 saturated carbocycles. The van der Waals surface area contributed by atoms with Crippen LogP contribution in [-0.4, -0.2) is 56.6 Å². The largest absolute Gasteiger partial charge is 0.493 e. The normalized spacial score (nSPS) is 15.7. The van der Waals surface area contributed by atoms with E-state index in [-0.39, 0.29) is 23.6 Å². The Bertz CT molecular complexity index is 1440. The van der Waals surface area contributed by atoms with Gasteiger partial charge < -0.3 is 23.9 Å². The van der Waals surface area contributed by atoms with E-state index in [1.807, 2.05) is 54.2 Å². The SMILES string of the molecule is CCOc1cc(C(CS(C)(=O)=O)n2cc3cccc(NC(C)=O)c3c2)ccc1OC.O=C1C=C[PH](=O)C1. The zero-order valence-electron chi connectivity index (χ0n) is 21.2. The monoisotopic (exact) mass is 546 g/mol. The fourth-order valence-electron chi connectivity index (χ4n) is 3.95. The van der Waals surface area contributed by atoms with Gasteiger partial charge in [0.1, 0.15) is 17.6 Å². The molecule has 9 nitrogen and oxygen atoms in total. The molecule has 1 N–H and O–H groups in total. The second-order valence-electron chi connectivity index (χ2n) is 8.59. The summed E-state index contributed by atoms with van der Waals surface area (Å²) in [5.41, 5.74) is 1.47. The zero-order valence-corrected chi connectivity index (χ0v) is 23.0. The molecule has 1 aromatic heterocycles. The summed E-state index contributed by atoms with van der Waals surface area (Å²) in [5.74, 6) is 2.40. The number of benzene rings is 2. The quantitative estimate of drug-likeness (QED) is 0.419. The fraction of sp³-hybridized carbons (Fsp3) is 0.308. The second-order valence-corrected chi connectivity index (χ2v) is 12.4. The molecule has 0 bridgehead atoms. The fourth-order valence-corrected chi connectivity index (χ4v) is 5.84. The van der Waals surface area contributed by atoms with Gasteiger partial charge in [0, 0.05) is 36.3 Å². The number of anilines is 1. The number of aromatic nitrogens is 1. The van der Waals surface area contributed by atoms with Gasteiger partial charge in [-0.15, -0.1) is 0 Å². The zero-order chi connectivity index (χ0) is 27.2. The number of sulfone groups is 1. The maximum atomic E-state index is 12.2. The molecule has 198 valence electrons. The van der Waals surface area contributed by atoms with E-state index in [0.29, 0.717) is 23.8 Å². The first kappa shape index (κ1) is 28.2. The van der Waals surface area contributed by atoms with Crippen LogP contribution in [0.1, 0.15) is 25.5 Å². The molecule has 1 aliphatic heterocycles. The molecule has 2 heterocycles. The molecule has 0 radical (unpaired) electrons. The molecule has 3 aromatic rings. The number of ether oxygens (including phenoxy) is 2. The summed E-state index contributed by atoms with van der Waals surface area (Å²) >= 11 is 0. The molecule has 1 aliphatic rings. The predicted octanol–water partition coefficient (Wildman–Crippen LogP) is 4.28. The van der Waals surface area contributed by atoms with Gasteiger partial charge in [-0.25, -0.2) is 8.42 Å². The first-order valence-corrected chi connectivity index (χ1v) is 15.4. The highest BCUT2D eigenvalue weighted by molar-refractivity contribution is 7.90. The van der Waals surface area contributed by atoms with Crippen molar-refractivity contribution in [1.82, 2.24) is 4.57 Å². The Morgan fingerprint density at radius 2 is 1.95 bits per heavy atom. The van der Waals surface area contributed by atoms with Gasteiger partial charge in [0.15, 0.2) is 17.3 Å². The van der Waals surface area contributed by atoms with Gasteiger partial charge in [-0.1, -0.05) is 18.2 Å². The number of ketones is 1. The summed E-state index contributed by atoms with van der Waals surface area (Å²) in [6.45, 7) is 3.79. The number of allylic oxidation sites excluding steroid dienone is 1. The van der Waals surface area contributed by atoms with E-state index in [2.05, 4.69) is 5.32 Å². The van der Waals surface area contributed by atoms with E-state index in [4.69, 9.17) is 9.47 Å². The van der Waals surface area contributed by atoms with Crippen molar-refractivity contribution in [1.29, 1.82) is 0 Å². The number of rotatable bonds is 8. The summed E-state index contributed by atoms with van der Waals surface area (Å²) in [5, 5.41) is 4.56. The van der Waals surface area contributed by atoms with E-state index in [9.17, 15) is 22.6 Å². The minimum absolute atomic E-state index is 0.00360. The Balaban J connectivity index is 0.000000468. The van der Waals surface area contributed by atoms with E-state index in [1.54, 1.807) is 13.2 Å². The van der Waals surface area contributed by atoms with Crippen LogP contribution < -0.4 is 14.8 Å². The predicted molar refractivity (Wildman–Crippen MR) is 146 cm³/mol. The Hall–Kier alpha value is -3.36. The van der Waals surface area contributed by atoms with Gasteiger partial charge >= 0.3 is 0 Å². The van der Waals surface area contributed by atoms with Gasteiger partial charge in [-0.2, -0.15) is 0 Å². The van der Waals surface area contributed by atoms with Crippen LogP contribution >= 0.6 is 7.80 Å². The molecule has 37 heavy (non-hydrogen) atoms. The van der Waals surface area contributed by atoms with E-state index in [0.717, 1.165) is 16.3 Å². The number of fused-ring (bicyclic) bond motifs is 1. The van der Waals surface area contributed by atoms with Crippen molar-refractivity contribution >= 4 is 45.8 Å². The van der Waals surface area contributed by atoms with Crippen LogP contribution in [-0.2, 0) is 24.0 Å². The highest BCUT2D eigenvalue weighted by Gasteiger charge is 2.22. The van der Waals surface area contributed by atoms with E-state index in [1.165, 1.54) is 25.1 Å². The molecule has 0 aliphatic carbocycles.